The van der Waals surface area contributed by atoms with Gasteiger partial charge < -0.3 is 15.8 Å². The fraction of sp³-hybridized carbons (Fsp3) is 0.917. The van der Waals surface area contributed by atoms with E-state index in [9.17, 15) is 4.79 Å². The van der Waals surface area contributed by atoms with Crippen LogP contribution in [0.3, 0.4) is 0 Å². The standard InChI is InChI=1S/C12H22N2O2/c1-11(2,3)16-10(15)14-12(5-4-6-12)8-7-9(8)13/h8-9H,4-7,13H2,1-3H3,(H,14,15)/t8-,9-/m1/s1. The molecule has 4 nitrogen and oxygen atoms in total. The van der Waals surface area contributed by atoms with Crippen molar-refractivity contribution >= 4 is 6.09 Å². The number of rotatable bonds is 2. The summed E-state index contributed by atoms with van der Waals surface area (Å²) in [6, 6.07) is 0.273. The zero-order chi connectivity index (χ0) is 12.0. The Kier molecular flexibility index (Phi) is 2.65. The predicted molar refractivity (Wildman–Crippen MR) is 62.0 cm³/mol. The molecule has 0 aromatic heterocycles. The zero-order valence-corrected chi connectivity index (χ0v) is 10.4. The van der Waals surface area contributed by atoms with Gasteiger partial charge >= 0.3 is 6.09 Å². The summed E-state index contributed by atoms with van der Waals surface area (Å²) < 4.78 is 5.29. The molecular formula is C12H22N2O2. The number of hydrogen-bond acceptors (Lipinski definition) is 3. The molecule has 2 fully saturated rings. The van der Waals surface area contributed by atoms with Crippen LogP contribution in [0, 0.1) is 5.92 Å². The van der Waals surface area contributed by atoms with Gasteiger partial charge in [0, 0.05) is 11.6 Å². The average molecular weight is 226 g/mol. The highest BCUT2D eigenvalue weighted by Gasteiger charge is 2.55. The Morgan fingerprint density at radius 2 is 2.00 bits per heavy atom. The van der Waals surface area contributed by atoms with Crippen molar-refractivity contribution < 1.29 is 9.53 Å². The number of alkyl carbamates (subject to hydrolysis) is 1. The number of amides is 1. The monoisotopic (exact) mass is 226 g/mol. The molecule has 0 radical (unpaired) electrons. The van der Waals surface area contributed by atoms with Gasteiger partial charge in [0.1, 0.15) is 5.60 Å². The van der Waals surface area contributed by atoms with E-state index in [1.165, 1.54) is 6.42 Å². The molecule has 4 heteroatoms. The summed E-state index contributed by atoms with van der Waals surface area (Å²) in [5.41, 5.74) is 5.39. The first-order valence-corrected chi connectivity index (χ1v) is 6.09. The van der Waals surface area contributed by atoms with Crippen LogP contribution in [0.4, 0.5) is 4.79 Å². The summed E-state index contributed by atoms with van der Waals surface area (Å²) in [6.07, 6.45) is 4.01. The van der Waals surface area contributed by atoms with E-state index < -0.39 is 5.60 Å². The van der Waals surface area contributed by atoms with Crippen molar-refractivity contribution in [1.82, 2.24) is 5.32 Å². The first kappa shape index (κ1) is 11.7. The van der Waals surface area contributed by atoms with Gasteiger partial charge in [-0.1, -0.05) is 0 Å². The van der Waals surface area contributed by atoms with Crippen molar-refractivity contribution in [2.24, 2.45) is 11.7 Å². The summed E-state index contributed by atoms with van der Waals surface area (Å²) in [5, 5.41) is 3.04. The van der Waals surface area contributed by atoms with E-state index in [-0.39, 0.29) is 17.7 Å². The first-order chi connectivity index (χ1) is 7.32. The molecule has 2 aliphatic rings. The van der Waals surface area contributed by atoms with Gasteiger partial charge in [-0.2, -0.15) is 0 Å². The molecule has 1 amide bonds. The van der Waals surface area contributed by atoms with Gasteiger partial charge in [0.05, 0.1) is 0 Å². The van der Waals surface area contributed by atoms with E-state index in [1.807, 2.05) is 20.8 Å². The Morgan fingerprint density at radius 3 is 2.31 bits per heavy atom. The molecule has 92 valence electrons. The van der Waals surface area contributed by atoms with E-state index in [2.05, 4.69) is 5.32 Å². The Morgan fingerprint density at radius 1 is 1.44 bits per heavy atom. The molecule has 2 atom stereocenters. The lowest BCUT2D eigenvalue weighted by molar-refractivity contribution is 0.0346. The van der Waals surface area contributed by atoms with E-state index in [0.29, 0.717) is 5.92 Å². The van der Waals surface area contributed by atoms with E-state index in [1.54, 1.807) is 0 Å². The van der Waals surface area contributed by atoms with Crippen molar-refractivity contribution in [2.75, 3.05) is 0 Å². The maximum atomic E-state index is 11.7. The number of nitrogens with one attached hydrogen (secondary N) is 1. The minimum atomic E-state index is -0.430. The van der Waals surface area contributed by atoms with Crippen LogP contribution >= 0.6 is 0 Å². The smallest absolute Gasteiger partial charge is 0.408 e. The first-order valence-electron chi connectivity index (χ1n) is 6.09. The van der Waals surface area contributed by atoms with Gasteiger partial charge in [0.2, 0.25) is 0 Å². The summed E-state index contributed by atoms with van der Waals surface area (Å²) in [6.45, 7) is 5.63. The second kappa shape index (κ2) is 3.62. The molecule has 0 aromatic rings. The molecule has 16 heavy (non-hydrogen) atoms. The maximum Gasteiger partial charge on any atom is 0.408 e. The van der Waals surface area contributed by atoms with Crippen molar-refractivity contribution in [2.45, 2.75) is 63.6 Å². The van der Waals surface area contributed by atoms with Crippen LogP contribution in [0.15, 0.2) is 0 Å². The van der Waals surface area contributed by atoms with Gasteiger partial charge in [-0.15, -0.1) is 0 Å². The van der Waals surface area contributed by atoms with Crippen LogP contribution in [-0.4, -0.2) is 23.3 Å². The summed E-state index contributed by atoms with van der Waals surface area (Å²) >= 11 is 0. The molecule has 0 heterocycles. The minimum Gasteiger partial charge on any atom is -0.444 e. The summed E-state index contributed by atoms with van der Waals surface area (Å²) in [5.74, 6) is 0.466. The molecule has 0 spiro atoms. The minimum absolute atomic E-state index is 0.0538. The molecule has 2 rings (SSSR count). The number of carbonyl (C=O) groups is 1. The molecule has 0 aliphatic heterocycles. The molecular weight excluding hydrogens is 204 g/mol. The quantitative estimate of drug-likeness (QED) is 0.754. The summed E-state index contributed by atoms with van der Waals surface area (Å²) in [7, 11) is 0. The largest absolute Gasteiger partial charge is 0.444 e. The number of hydrogen-bond donors (Lipinski definition) is 2. The second-order valence-corrected chi connectivity index (χ2v) is 6.14. The van der Waals surface area contributed by atoms with Gasteiger partial charge in [0.25, 0.3) is 0 Å². The zero-order valence-electron chi connectivity index (χ0n) is 10.4. The lowest BCUT2D eigenvalue weighted by Crippen LogP contribution is -2.57. The Labute approximate surface area is 96.9 Å². The molecule has 2 saturated carbocycles. The lowest BCUT2D eigenvalue weighted by Gasteiger charge is -2.43. The van der Waals surface area contributed by atoms with Crippen LogP contribution in [-0.2, 0) is 4.74 Å². The third kappa shape index (κ3) is 2.32. The van der Waals surface area contributed by atoms with Crippen LogP contribution in [0.1, 0.15) is 46.5 Å². The normalized spacial score (nSPS) is 31.5. The molecule has 0 aromatic carbocycles. The number of nitrogens with two attached hydrogens (primary N) is 1. The topological polar surface area (TPSA) is 64.3 Å². The van der Waals surface area contributed by atoms with Crippen molar-refractivity contribution in [1.29, 1.82) is 0 Å². The molecule has 2 aliphatic carbocycles. The third-order valence-corrected chi connectivity index (χ3v) is 3.55. The molecule has 0 bridgehead atoms. The Bertz CT molecular complexity index is 292. The van der Waals surface area contributed by atoms with E-state index >= 15 is 0 Å². The van der Waals surface area contributed by atoms with E-state index in [4.69, 9.17) is 10.5 Å². The van der Waals surface area contributed by atoms with Crippen LogP contribution in [0.25, 0.3) is 0 Å². The molecule has 0 unspecified atom stereocenters. The van der Waals surface area contributed by atoms with Crippen LogP contribution in [0.2, 0.25) is 0 Å². The van der Waals surface area contributed by atoms with Crippen molar-refractivity contribution in [3.05, 3.63) is 0 Å². The Balaban J connectivity index is 1.90. The Hall–Kier alpha value is -0.770. The second-order valence-electron chi connectivity index (χ2n) is 6.14. The predicted octanol–water partition coefficient (Wildman–Crippen LogP) is 1.78. The highest BCUT2D eigenvalue weighted by molar-refractivity contribution is 5.69. The van der Waals surface area contributed by atoms with Crippen molar-refractivity contribution in [3.8, 4) is 0 Å². The summed E-state index contributed by atoms with van der Waals surface area (Å²) in [4.78, 5) is 11.7. The average Bonchev–Trinajstić information content (AvgIpc) is 2.72. The lowest BCUT2D eigenvalue weighted by atomic mass is 9.73. The molecule has 3 N–H and O–H groups in total. The SMILES string of the molecule is CC(C)(C)OC(=O)NC1([C@@H]2C[C@H]2N)CCC1. The number of ether oxygens (including phenoxy) is 1. The highest BCUT2D eigenvalue weighted by Crippen LogP contribution is 2.49. The van der Waals surface area contributed by atoms with Gasteiger partial charge in [-0.25, -0.2) is 4.79 Å². The van der Waals surface area contributed by atoms with Gasteiger partial charge in [-0.05, 0) is 52.4 Å². The van der Waals surface area contributed by atoms with Gasteiger partial charge in [0.15, 0.2) is 0 Å². The maximum absolute atomic E-state index is 11.7. The van der Waals surface area contributed by atoms with Crippen LogP contribution in [0.5, 0.6) is 0 Å². The molecule has 0 saturated heterocycles. The van der Waals surface area contributed by atoms with Crippen molar-refractivity contribution in [3.63, 3.8) is 0 Å². The van der Waals surface area contributed by atoms with E-state index in [0.717, 1.165) is 19.3 Å². The van der Waals surface area contributed by atoms with Crippen LogP contribution < -0.4 is 11.1 Å². The van der Waals surface area contributed by atoms with Gasteiger partial charge in [-0.3, -0.25) is 0 Å². The number of carbonyl (C=O) groups excluding carboxylic acids is 1. The highest BCUT2D eigenvalue weighted by atomic mass is 16.6. The fourth-order valence-corrected chi connectivity index (χ4v) is 2.50. The third-order valence-electron chi connectivity index (χ3n) is 3.55. The fourth-order valence-electron chi connectivity index (χ4n) is 2.50.